The van der Waals surface area contributed by atoms with Crippen LogP contribution >= 0.6 is 34.0 Å². The van der Waals surface area contributed by atoms with Crippen LogP contribution in [0.4, 0.5) is 0 Å². The molecule has 1 aliphatic rings. The van der Waals surface area contributed by atoms with E-state index in [-0.39, 0.29) is 0 Å². The highest BCUT2D eigenvalue weighted by atomic mass is 32.1. The van der Waals surface area contributed by atoms with Crippen LogP contribution in [0.2, 0.25) is 6.04 Å². The highest BCUT2D eigenvalue weighted by Gasteiger charge is 2.51. The predicted octanol–water partition coefficient (Wildman–Crippen LogP) is 10.6. The molecular weight excluding hydrogens is 533 g/mol. The summed E-state index contributed by atoms with van der Waals surface area (Å²) in [6, 6.07) is 11.8. The minimum absolute atomic E-state index is 0.865. The first-order valence-corrected chi connectivity index (χ1v) is 20.5. The lowest BCUT2D eigenvalue weighted by Gasteiger charge is -2.32. The molecule has 4 heterocycles. The average Bonchev–Trinajstić information content (AvgIpc) is 3.66. The lowest BCUT2D eigenvalue weighted by atomic mass is 9.96. The van der Waals surface area contributed by atoms with Crippen LogP contribution in [0, 0.1) is 19.8 Å². The van der Waals surface area contributed by atoms with Crippen molar-refractivity contribution in [1.29, 1.82) is 0 Å². The third kappa shape index (κ3) is 6.96. The second-order valence-electron chi connectivity index (χ2n) is 12.0. The molecule has 210 valence electrons. The molecule has 3 aromatic rings. The summed E-state index contributed by atoms with van der Waals surface area (Å²) in [5.74, 6) is 0.865. The van der Waals surface area contributed by atoms with Crippen molar-refractivity contribution in [2.24, 2.45) is 5.92 Å². The molecule has 3 aromatic heterocycles. The summed E-state index contributed by atoms with van der Waals surface area (Å²) in [5, 5.41) is 3.57. The zero-order chi connectivity index (χ0) is 27.0. The molecule has 1 aliphatic heterocycles. The summed E-state index contributed by atoms with van der Waals surface area (Å²) in [6.45, 7) is 11.7. The van der Waals surface area contributed by atoms with Gasteiger partial charge >= 0.3 is 0 Å². The van der Waals surface area contributed by atoms with Gasteiger partial charge in [-0.15, -0.1) is 34.0 Å². The molecule has 38 heavy (non-hydrogen) atoms. The van der Waals surface area contributed by atoms with E-state index in [1.807, 2.05) is 0 Å². The number of thiophene rings is 3. The van der Waals surface area contributed by atoms with Gasteiger partial charge in [-0.2, -0.15) is 0 Å². The molecule has 0 aromatic carbocycles. The zero-order valence-corrected chi connectivity index (χ0v) is 28.4. The maximum Gasteiger partial charge on any atom is 0.164 e. The summed E-state index contributed by atoms with van der Waals surface area (Å²) in [7, 11) is -2.00. The highest BCUT2D eigenvalue weighted by molar-refractivity contribution is 7.38. The molecule has 0 bridgehead atoms. The predicted molar refractivity (Wildman–Crippen MR) is 180 cm³/mol. The van der Waals surface area contributed by atoms with Gasteiger partial charge in [0.15, 0.2) is 8.07 Å². The van der Waals surface area contributed by atoms with Gasteiger partial charge in [-0.25, -0.2) is 0 Å². The van der Waals surface area contributed by atoms with E-state index in [1.54, 1.807) is 29.5 Å². The van der Waals surface area contributed by atoms with Crippen LogP contribution in [0.1, 0.15) is 125 Å². The Bertz CT molecular complexity index is 1070. The van der Waals surface area contributed by atoms with Crippen molar-refractivity contribution in [3.8, 4) is 9.75 Å². The van der Waals surface area contributed by atoms with E-state index in [0.717, 1.165) is 5.92 Å². The lowest BCUT2D eigenvalue weighted by molar-refractivity contribution is 0.434. The van der Waals surface area contributed by atoms with Crippen LogP contribution in [-0.4, -0.2) is 8.07 Å². The van der Waals surface area contributed by atoms with Crippen molar-refractivity contribution in [3.63, 3.8) is 0 Å². The zero-order valence-electron chi connectivity index (χ0n) is 24.9. The van der Waals surface area contributed by atoms with Gasteiger partial charge in [0.25, 0.3) is 0 Å². The first-order valence-electron chi connectivity index (χ1n) is 15.8. The number of rotatable bonds is 18. The van der Waals surface area contributed by atoms with Gasteiger partial charge in [-0.3, -0.25) is 0 Å². The van der Waals surface area contributed by atoms with Crippen LogP contribution in [0.5, 0.6) is 0 Å². The van der Waals surface area contributed by atoms with Crippen LogP contribution in [0.3, 0.4) is 0 Å². The fraction of sp³-hybridized carbons (Fsp3) is 0.647. The minimum Gasteiger partial charge on any atom is -0.149 e. The van der Waals surface area contributed by atoms with E-state index < -0.39 is 8.07 Å². The summed E-state index contributed by atoms with van der Waals surface area (Å²) in [6.07, 6.45) is 20.8. The molecule has 0 fully saturated rings. The van der Waals surface area contributed by atoms with E-state index >= 15 is 0 Å². The third-order valence-electron chi connectivity index (χ3n) is 8.72. The standard InChI is InChI=1S/C34H52S3Si/c1-6-9-12-13-14-17-19-28(18-15-10-7-2)25-38(32-22-21-29(37-32)20-16-11-8-3)30-23-26(4)35-33(30)34-31(38)24-27(5)36-34/h21-24,28H,6-20,25H2,1-5H3. The lowest BCUT2D eigenvalue weighted by Crippen LogP contribution is -2.64. The molecule has 4 rings (SSSR count). The Labute approximate surface area is 247 Å². The summed E-state index contributed by atoms with van der Waals surface area (Å²) in [5.41, 5.74) is 0. The second-order valence-corrected chi connectivity index (χ2v) is 19.8. The maximum absolute atomic E-state index is 2.64. The van der Waals surface area contributed by atoms with Crippen LogP contribution < -0.4 is 14.9 Å². The molecule has 0 N–H and O–H groups in total. The molecule has 0 amide bonds. The quantitative estimate of drug-likeness (QED) is 0.103. The largest absolute Gasteiger partial charge is 0.164 e. The van der Waals surface area contributed by atoms with Gasteiger partial charge in [0, 0.05) is 28.9 Å². The Morgan fingerprint density at radius 2 is 1.16 bits per heavy atom. The Morgan fingerprint density at radius 3 is 1.79 bits per heavy atom. The Morgan fingerprint density at radius 1 is 0.632 bits per heavy atom. The molecule has 4 heteroatoms. The molecule has 1 unspecified atom stereocenters. The first-order chi connectivity index (χ1) is 18.5. The van der Waals surface area contributed by atoms with E-state index in [0.29, 0.717) is 0 Å². The molecule has 0 nitrogen and oxygen atoms in total. The summed E-state index contributed by atoms with van der Waals surface area (Å²) in [4.78, 5) is 7.96. The van der Waals surface area contributed by atoms with Crippen molar-refractivity contribution < 1.29 is 0 Å². The molecule has 0 radical (unpaired) electrons. The van der Waals surface area contributed by atoms with Gasteiger partial charge in [0.05, 0.1) is 0 Å². The van der Waals surface area contributed by atoms with Gasteiger partial charge in [0.2, 0.25) is 0 Å². The van der Waals surface area contributed by atoms with Crippen LogP contribution in [0.15, 0.2) is 24.3 Å². The normalized spacial score (nSPS) is 14.7. The first kappa shape index (κ1) is 30.3. The van der Waals surface area contributed by atoms with Crippen molar-refractivity contribution in [2.45, 2.75) is 137 Å². The molecule has 0 spiro atoms. The Hall–Kier alpha value is -0.683. The highest BCUT2D eigenvalue weighted by Crippen LogP contribution is 2.43. The average molecular weight is 585 g/mol. The fourth-order valence-corrected chi connectivity index (χ4v) is 18.3. The number of fused-ring (bicyclic) bond motifs is 3. The smallest absolute Gasteiger partial charge is 0.149 e. The van der Waals surface area contributed by atoms with Crippen molar-refractivity contribution in [2.75, 3.05) is 0 Å². The number of hydrogen-bond acceptors (Lipinski definition) is 3. The van der Waals surface area contributed by atoms with Gasteiger partial charge in [-0.05, 0) is 67.2 Å². The van der Waals surface area contributed by atoms with Crippen molar-refractivity contribution in [1.82, 2.24) is 0 Å². The fourth-order valence-electron chi connectivity index (χ4n) is 6.70. The van der Waals surface area contributed by atoms with Gasteiger partial charge in [0.1, 0.15) is 0 Å². The van der Waals surface area contributed by atoms with Crippen molar-refractivity contribution >= 4 is 57.0 Å². The summed E-state index contributed by atoms with van der Waals surface area (Å²) >= 11 is 6.37. The third-order valence-corrected chi connectivity index (χ3v) is 18.5. The molecular formula is C34H52S3Si. The van der Waals surface area contributed by atoms with E-state index in [4.69, 9.17) is 0 Å². The number of hydrogen-bond donors (Lipinski definition) is 0. The second kappa shape index (κ2) is 14.8. The van der Waals surface area contributed by atoms with E-state index in [2.05, 4.69) is 92.9 Å². The van der Waals surface area contributed by atoms with E-state index in [1.165, 1.54) is 112 Å². The Balaban J connectivity index is 1.68. The van der Waals surface area contributed by atoms with Crippen LogP contribution in [0.25, 0.3) is 9.75 Å². The molecule has 1 atom stereocenters. The van der Waals surface area contributed by atoms with Crippen molar-refractivity contribution in [3.05, 3.63) is 38.9 Å². The summed E-state index contributed by atoms with van der Waals surface area (Å²) < 4.78 is 1.77. The molecule has 0 aliphatic carbocycles. The molecule has 0 saturated heterocycles. The van der Waals surface area contributed by atoms with E-state index in [9.17, 15) is 0 Å². The number of aryl methyl sites for hydroxylation is 3. The molecule has 0 saturated carbocycles. The minimum atomic E-state index is -2.00. The number of unbranched alkanes of at least 4 members (excludes halogenated alkanes) is 9. The maximum atomic E-state index is 2.64. The SMILES string of the molecule is CCCCCCCCC(CCCCC)C[Si]1(c2ccc(CCCCC)s2)c2cc(C)sc2-c2sc(C)cc21. The van der Waals surface area contributed by atoms with Crippen LogP contribution in [-0.2, 0) is 6.42 Å². The topological polar surface area (TPSA) is 0 Å². The van der Waals surface area contributed by atoms with Gasteiger partial charge in [-0.1, -0.05) is 110 Å². The monoisotopic (exact) mass is 584 g/mol. The van der Waals surface area contributed by atoms with Gasteiger partial charge < -0.3 is 0 Å². The Kier molecular flexibility index (Phi) is 11.8.